The van der Waals surface area contributed by atoms with Gasteiger partial charge in [-0.1, -0.05) is 38.5 Å². The number of carbonyl (C=O) groups excluding carboxylic acids is 2. The van der Waals surface area contributed by atoms with Crippen LogP contribution >= 0.6 is 0 Å². The highest BCUT2D eigenvalue weighted by molar-refractivity contribution is 5.95. The molecule has 2 N–H and O–H groups in total. The van der Waals surface area contributed by atoms with Crippen LogP contribution < -0.4 is 10.6 Å². The third kappa shape index (κ3) is 4.68. The number of benzene rings is 1. The quantitative estimate of drug-likeness (QED) is 0.758. The highest BCUT2D eigenvalue weighted by Crippen LogP contribution is 2.16. The Morgan fingerprint density at radius 1 is 1.12 bits per heavy atom. The van der Waals surface area contributed by atoms with Crippen LogP contribution in [0.1, 0.15) is 42.4 Å². The minimum absolute atomic E-state index is 0.0179. The second-order valence-corrected chi connectivity index (χ2v) is 6.31. The van der Waals surface area contributed by atoms with Gasteiger partial charge < -0.3 is 10.6 Å². The largest absolute Gasteiger partial charge is 0.354 e. The van der Waals surface area contributed by atoms with Crippen molar-refractivity contribution in [3.63, 3.8) is 0 Å². The number of rotatable bonds is 7. The normalized spacial score (nSPS) is 10.8. The maximum absolute atomic E-state index is 12.4. The van der Waals surface area contributed by atoms with Crippen molar-refractivity contribution in [2.45, 2.75) is 34.1 Å². The molecule has 2 aromatic rings. The Balaban J connectivity index is 2.03. The van der Waals surface area contributed by atoms with Gasteiger partial charge in [0.1, 0.15) is 0 Å². The van der Waals surface area contributed by atoms with Gasteiger partial charge in [-0.25, -0.2) is 4.68 Å². The van der Waals surface area contributed by atoms with E-state index in [1.54, 1.807) is 10.9 Å². The van der Waals surface area contributed by atoms with E-state index in [0.29, 0.717) is 25.1 Å². The van der Waals surface area contributed by atoms with Crippen LogP contribution in [0.25, 0.3) is 5.69 Å². The number of hydrogen-bond acceptors (Lipinski definition) is 3. The molecule has 0 aliphatic carbocycles. The third-order valence-corrected chi connectivity index (χ3v) is 3.96. The smallest absolute Gasteiger partial charge is 0.254 e. The van der Waals surface area contributed by atoms with E-state index in [2.05, 4.69) is 15.7 Å². The second kappa shape index (κ2) is 8.46. The molecule has 0 aliphatic rings. The van der Waals surface area contributed by atoms with Crippen LogP contribution in [0.5, 0.6) is 0 Å². The Kier molecular flexibility index (Phi) is 6.33. The van der Waals surface area contributed by atoms with Gasteiger partial charge in [-0.15, -0.1) is 0 Å². The molecule has 0 atom stereocenters. The van der Waals surface area contributed by atoms with E-state index in [4.69, 9.17) is 0 Å². The number of nitrogens with zero attached hydrogens (tertiary/aromatic N) is 2. The summed E-state index contributed by atoms with van der Waals surface area (Å²) in [5, 5.41) is 9.99. The van der Waals surface area contributed by atoms with E-state index >= 15 is 0 Å². The molecule has 0 spiro atoms. The summed E-state index contributed by atoms with van der Waals surface area (Å²) in [7, 11) is 0. The summed E-state index contributed by atoms with van der Waals surface area (Å²) in [6, 6.07) is 8.02. The molecule has 134 valence electrons. The molecule has 0 aliphatic heterocycles. The molecule has 2 amide bonds. The SMILES string of the molecule is CCc1c(C(=O)NCCNC(=O)C(C)C)cnn1-c1ccc(C)cc1. The molecule has 6 nitrogen and oxygen atoms in total. The van der Waals surface area contributed by atoms with Gasteiger partial charge in [-0.3, -0.25) is 9.59 Å². The monoisotopic (exact) mass is 342 g/mol. The molecule has 0 saturated carbocycles. The first kappa shape index (κ1) is 18.7. The standard InChI is InChI=1S/C19H26N4O2/c1-5-17-16(19(25)21-11-10-20-18(24)13(2)3)12-22-23(17)15-8-6-14(4)7-9-15/h6-9,12-13H,5,10-11H2,1-4H3,(H,20,24)(H,21,25). The zero-order valence-corrected chi connectivity index (χ0v) is 15.3. The van der Waals surface area contributed by atoms with Crippen LogP contribution in [0.15, 0.2) is 30.5 Å². The van der Waals surface area contributed by atoms with Crippen molar-refractivity contribution >= 4 is 11.8 Å². The lowest BCUT2D eigenvalue weighted by atomic mass is 10.1. The molecule has 0 saturated heterocycles. The molecule has 0 radical (unpaired) electrons. The number of hydrogen-bond donors (Lipinski definition) is 2. The van der Waals surface area contributed by atoms with Crippen LogP contribution in [0.3, 0.4) is 0 Å². The van der Waals surface area contributed by atoms with Crippen molar-refractivity contribution in [3.05, 3.63) is 47.3 Å². The predicted octanol–water partition coefficient (Wildman–Crippen LogP) is 2.25. The molecule has 1 aromatic heterocycles. The lowest BCUT2D eigenvalue weighted by molar-refractivity contribution is -0.123. The average Bonchev–Trinajstić information content (AvgIpc) is 3.02. The summed E-state index contributed by atoms with van der Waals surface area (Å²) >= 11 is 0. The fourth-order valence-electron chi connectivity index (χ4n) is 2.47. The van der Waals surface area contributed by atoms with Crippen molar-refractivity contribution in [2.75, 3.05) is 13.1 Å². The van der Waals surface area contributed by atoms with Gasteiger partial charge in [0.15, 0.2) is 0 Å². The Morgan fingerprint density at radius 2 is 1.76 bits per heavy atom. The molecule has 25 heavy (non-hydrogen) atoms. The molecule has 0 bridgehead atoms. The molecule has 0 fully saturated rings. The van der Waals surface area contributed by atoms with Gasteiger partial charge in [-0.2, -0.15) is 5.10 Å². The van der Waals surface area contributed by atoms with Crippen LogP contribution in [-0.2, 0) is 11.2 Å². The topological polar surface area (TPSA) is 76.0 Å². The van der Waals surface area contributed by atoms with Gasteiger partial charge in [-0.05, 0) is 25.5 Å². The zero-order valence-electron chi connectivity index (χ0n) is 15.3. The second-order valence-electron chi connectivity index (χ2n) is 6.31. The molecule has 2 rings (SSSR count). The van der Waals surface area contributed by atoms with Crippen molar-refractivity contribution in [3.8, 4) is 5.69 Å². The lowest BCUT2D eigenvalue weighted by Crippen LogP contribution is -2.36. The van der Waals surface area contributed by atoms with Crippen molar-refractivity contribution in [1.82, 2.24) is 20.4 Å². The molecule has 6 heteroatoms. The number of nitrogens with one attached hydrogen (secondary N) is 2. The summed E-state index contributed by atoms with van der Waals surface area (Å²) < 4.78 is 1.80. The first-order valence-electron chi connectivity index (χ1n) is 8.63. The van der Waals surface area contributed by atoms with E-state index in [1.807, 2.05) is 52.0 Å². The highest BCUT2D eigenvalue weighted by Gasteiger charge is 2.17. The van der Waals surface area contributed by atoms with E-state index in [1.165, 1.54) is 5.56 Å². The Morgan fingerprint density at radius 3 is 2.36 bits per heavy atom. The van der Waals surface area contributed by atoms with Crippen molar-refractivity contribution in [1.29, 1.82) is 0 Å². The fourth-order valence-corrected chi connectivity index (χ4v) is 2.47. The zero-order chi connectivity index (χ0) is 18.4. The minimum Gasteiger partial charge on any atom is -0.354 e. The summed E-state index contributed by atoms with van der Waals surface area (Å²) in [6.07, 6.45) is 2.29. The molecule has 0 unspecified atom stereocenters. The van der Waals surface area contributed by atoms with E-state index in [-0.39, 0.29) is 17.7 Å². The van der Waals surface area contributed by atoms with Gasteiger partial charge in [0.05, 0.1) is 23.1 Å². The molecule has 1 heterocycles. The third-order valence-electron chi connectivity index (χ3n) is 3.96. The highest BCUT2D eigenvalue weighted by atomic mass is 16.2. The van der Waals surface area contributed by atoms with Crippen LogP contribution in [0.2, 0.25) is 0 Å². The fraction of sp³-hybridized carbons (Fsp3) is 0.421. The number of aromatic nitrogens is 2. The van der Waals surface area contributed by atoms with Crippen LogP contribution in [0.4, 0.5) is 0 Å². The number of aryl methyl sites for hydroxylation is 1. The van der Waals surface area contributed by atoms with E-state index in [9.17, 15) is 9.59 Å². The molecule has 1 aromatic carbocycles. The van der Waals surface area contributed by atoms with Gasteiger partial charge in [0.25, 0.3) is 5.91 Å². The van der Waals surface area contributed by atoms with Gasteiger partial charge >= 0.3 is 0 Å². The van der Waals surface area contributed by atoms with Crippen molar-refractivity contribution in [2.24, 2.45) is 5.92 Å². The summed E-state index contributed by atoms with van der Waals surface area (Å²) in [5.41, 5.74) is 3.55. The maximum Gasteiger partial charge on any atom is 0.254 e. The van der Waals surface area contributed by atoms with E-state index in [0.717, 1.165) is 11.4 Å². The first-order chi connectivity index (χ1) is 11.9. The lowest BCUT2D eigenvalue weighted by Gasteiger charge is -2.10. The van der Waals surface area contributed by atoms with Crippen LogP contribution in [-0.4, -0.2) is 34.7 Å². The van der Waals surface area contributed by atoms with Crippen LogP contribution in [0, 0.1) is 12.8 Å². The Bertz CT molecular complexity index is 732. The average molecular weight is 342 g/mol. The predicted molar refractivity (Wildman–Crippen MR) is 97.9 cm³/mol. The van der Waals surface area contributed by atoms with Gasteiger partial charge in [0.2, 0.25) is 5.91 Å². The van der Waals surface area contributed by atoms with Gasteiger partial charge in [0, 0.05) is 19.0 Å². The Hall–Kier alpha value is -2.63. The first-order valence-corrected chi connectivity index (χ1v) is 8.63. The summed E-state index contributed by atoms with van der Waals surface area (Å²) in [4.78, 5) is 23.9. The summed E-state index contributed by atoms with van der Waals surface area (Å²) in [5.74, 6) is -0.250. The molecular weight excluding hydrogens is 316 g/mol. The van der Waals surface area contributed by atoms with Crippen molar-refractivity contribution < 1.29 is 9.59 Å². The maximum atomic E-state index is 12.4. The van der Waals surface area contributed by atoms with E-state index < -0.39 is 0 Å². The Labute approximate surface area is 148 Å². The summed E-state index contributed by atoms with van der Waals surface area (Å²) in [6.45, 7) is 8.50. The minimum atomic E-state index is -0.172. The number of carbonyl (C=O) groups is 2. The number of amides is 2. The molecular formula is C19H26N4O2.